The lowest BCUT2D eigenvalue weighted by atomic mass is 9.90. The lowest BCUT2D eigenvalue weighted by Crippen LogP contribution is -2.11. The number of rotatable bonds is 2. The van der Waals surface area contributed by atoms with Crippen LogP contribution in [0.2, 0.25) is 0 Å². The van der Waals surface area contributed by atoms with Gasteiger partial charge in [-0.05, 0) is 31.8 Å². The third-order valence-corrected chi connectivity index (χ3v) is 2.17. The summed E-state index contributed by atoms with van der Waals surface area (Å²) in [5.74, 6) is 0.239. The van der Waals surface area contributed by atoms with E-state index >= 15 is 0 Å². The van der Waals surface area contributed by atoms with Crippen LogP contribution in [0.3, 0.4) is 0 Å². The zero-order chi connectivity index (χ0) is 8.27. The highest BCUT2D eigenvalue weighted by Crippen LogP contribution is 2.23. The van der Waals surface area contributed by atoms with Crippen molar-refractivity contribution in [3.8, 4) is 0 Å². The van der Waals surface area contributed by atoms with Crippen LogP contribution in [0.25, 0.3) is 0 Å². The van der Waals surface area contributed by atoms with Crippen molar-refractivity contribution in [1.29, 1.82) is 0 Å². The maximum absolute atomic E-state index is 11.2. The number of allylic oxidation sites excluding steroid dienone is 1. The monoisotopic (exact) mass is 154 g/mol. The molecular weight excluding hydrogens is 140 g/mol. The van der Waals surface area contributed by atoms with Crippen LogP contribution in [0.5, 0.6) is 0 Å². The second-order valence-electron chi connectivity index (χ2n) is 3.01. The van der Waals surface area contributed by atoms with Crippen LogP contribution in [-0.4, -0.2) is 17.5 Å². The fourth-order valence-electron chi connectivity index (χ4n) is 1.52. The van der Waals surface area contributed by atoms with Crippen molar-refractivity contribution < 1.29 is 9.90 Å². The van der Waals surface area contributed by atoms with Crippen molar-refractivity contribution in [2.24, 2.45) is 0 Å². The molecule has 0 radical (unpaired) electrons. The molecule has 0 saturated carbocycles. The van der Waals surface area contributed by atoms with Gasteiger partial charge >= 0.3 is 0 Å². The average molecular weight is 154 g/mol. The summed E-state index contributed by atoms with van der Waals surface area (Å²) in [7, 11) is 0. The molecule has 0 amide bonds. The van der Waals surface area contributed by atoms with Crippen LogP contribution in [0.4, 0.5) is 0 Å². The summed E-state index contributed by atoms with van der Waals surface area (Å²) in [4.78, 5) is 11.2. The van der Waals surface area contributed by atoms with Gasteiger partial charge in [-0.15, -0.1) is 0 Å². The molecule has 2 heteroatoms. The first-order valence-electron chi connectivity index (χ1n) is 4.08. The van der Waals surface area contributed by atoms with E-state index in [0.29, 0.717) is 12.8 Å². The average Bonchev–Trinajstić information content (AvgIpc) is 1.97. The van der Waals surface area contributed by atoms with Gasteiger partial charge in [-0.25, -0.2) is 0 Å². The van der Waals surface area contributed by atoms with Gasteiger partial charge < -0.3 is 5.11 Å². The van der Waals surface area contributed by atoms with E-state index < -0.39 is 0 Å². The van der Waals surface area contributed by atoms with Crippen LogP contribution in [0.15, 0.2) is 11.1 Å². The SMILES string of the molecule is CC1=C(CCO)C(=O)CCC1. The smallest absolute Gasteiger partial charge is 0.158 e. The Morgan fingerprint density at radius 3 is 2.73 bits per heavy atom. The van der Waals surface area contributed by atoms with Crippen molar-refractivity contribution in [3.05, 3.63) is 11.1 Å². The van der Waals surface area contributed by atoms with Gasteiger partial charge in [0.25, 0.3) is 0 Å². The van der Waals surface area contributed by atoms with Crippen molar-refractivity contribution in [2.45, 2.75) is 32.6 Å². The van der Waals surface area contributed by atoms with Gasteiger partial charge in [0.1, 0.15) is 0 Å². The van der Waals surface area contributed by atoms with Gasteiger partial charge in [-0.2, -0.15) is 0 Å². The van der Waals surface area contributed by atoms with E-state index in [1.807, 2.05) is 6.92 Å². The van der Waals surface area contributed by atoms with Gasteiger partial charge in [0.2, 0.25) is 0 Å². The highest BCUT2D eigenvalue weighted by atomic mass is 16.3. The zero-order valence-electron chi connectivity index (χ0n) is 6.89. The number of hydrogen-bond donors (Lipinski definition) is 1. The molecule has 0 bridgehead atoms. The Labute approximate surface area is 66.9 Å². The van der Waals surface area contributed by atoms with Crippen LogP contribution < -0.4 is 0 Å². The topological polar surface area (TPSA) is 37.3 Å². The molecule has 0 aliphatic heterocycles. The summed E-state index contributed by atoms with van der Waals surface area (Å²) in [6, 6.07) is 0. The summed E-state index contributed by atoms with van der Waals surface area (Å²) in [6.07, 6.45) is 3.23. The first-order chi connectivity index (χ1) is 5.25. The molecule has 0 aromatic carbocycles. The molecule has 0 saturated heterocycles. The Morgan fingerprint density at radius 2 is 2.18 bits per heavy atom. The highest BCUT2D eigenvalue weighted by Gasteiger charge is 2.16. The van der Waals surface area contributed by atoms with E-state index in [1.165, 1.54) is 5.57 Å². The molecule has 0 heterocycles. The van der Waals surface area contributed by atoms with Crippen LogP contribution >= 0.6 is 0 Å². The molecule has 0 fully saturated rings. The normalized spacial score (nSPS) is 19.3. The van der Waals surface area contributed by atoms with Crippen LogP contribution in [0, 0.1) is 0 Å². The number of carbonyl (C=O) groups excluding carboxylic acids is 1. The second-order valence-corrected chi connectivity index (χ2v) is 3.01. The third kappa shape index (κ3) is 1.90. The van der Waals surface area contributed by atoms with Gasteiger partial charge in [-0.1, -0.05) is 5.57 Å². The fourth-order valence-corrected chi connectivity index (χ4v) is 1.52. The Kier molecular flexibility index (Phi) is 2.83. The van der Waals surface area contributed by atoms with Crippen molar-refractivity contribution >= 4 is 5.78 Å². The standard InChI is InChI=1S/C9H14O2/c1-7-3-2-4-9(11)8(7)5-6-10/h10H,2-6H2,1H3. The van der Waals surface area contributed by atoms with Crippen LogP contribution in [-0.2, 0) is 4.79 Å². The first kappa shape index (κ1) is 8.47. The molecule has 0 spiro atoms. The highest BCUT2D eigenvalue weighted by molar-refractivity contribution is 5.96. The Hall–Kier alpha value is -0.630. The van der Waals surface area contributed by atoms with Gasteiger partial charge in [0, 0.05) is 13.0 Å². The lowest BCUT2D eigenvalue weighted by molar-refractivity contribution is -0.116. The first-order valence-corrected chi connectivity index (χ1v) is 4.08. The molecule has 11 heavy (non-hydrogen) atoms. The summed E-state index contributed by atoms with van der Waals surface area (Å²) in [6.45, 7) is 2.08. The van der Waals surface area contributed by atoms with E-state index in [1.54, 1.807) is 0 Å². The quantitative estimate of drug-likeness (QED) is 0.653. The summed E-state index contributed by atoms with van der Waals surface area (Å²) < 4.78 is 0. The molecule has 0 aromatic heterocycles. The molecule has 0 aromatic rings. The Bertz CT molecular complexity index is 192. The summed E-state index contributed by atoms with van der Waals surface area (Å²) >= 11 is 0. The van der Waals surface area contributed by atoms with E-state index in [0.717, 1.165) is 18.4 Å². The van der Waals surface area contributed by atoms with Gasteiger partial charge in [-0.3, -0.25) is 4.79 Å². The van der Waals surface area contributed by atoms with Gasteiger partial charge in [0.05, 0.1) is 0 Å². The molecule has 0 atom stereocenters. The van der Waals surface area contributed by atoms with E-state index in [9.17, 15) is 4.79 Å². The lowest BCUT2D eigenvalue weighted by Gasteiger charge is -2.15. The van der Waals surface area contributed by atoms with E-state index in [2.05, 4.69) is 0 Å². The number of Topliss-reactive ketones (excluding diaryl/α,β-unsaturated/α-hetero) is 1. The number of aliphatic hydroxyl groups is 1. The Balaban J connectivity index is 2.74. The van der Waals surface area contributed by atoms with E-state index in [-0.39, 0.29) is 12.4 Å². The minimum Gasteiger partial charge on any atom is -0.396 e. The van der Waals surface area contributed by atoms with Crippen molar-refractivity contribution in [2.75, 3.05) is 6.61 Å². The van der Waals surface area contributed by atoms with Crippen LogP contribution in [0.1, 0.15) is 32.6 Å². The fraction of sp³-hybridized carbons (Fsp3) is 0.667. The Morgan fingerprint density at radius 1 is 1.45 bits per heavy atom. The molecule has 0 unspecified atom stereocenters. The van der Waals surface area contributed by atoms with E-state index in [4.69, 9.17) is 5.11 Å². The molecule has 1 aliphatic rings. The maximum Gasteiger partial charge on any atom is 0.158 e. The predicted octanol–water partition coefficient (Wildman–Crippen LogP) is 1.44. The van der Waals surface area contributed by atoms with Crippen molar-refractivity contribution in [1.82, 2.24) is 0 Å². The largest absolute Gasteiger partial charge is 0.396 e. The van der Waals surface area contributed by atoms with Crippen molar-refractivity contribution in [3.63, 3.8) is 0 Å². The minimum absolute atomic E-state index is 0.0956. The van der Waals surface area contributed by atoms with Gasteiger partial charge in [0.15, 0.2) is 5.78 Å². The second kappa shape index (κ2) is 3.67. The summed E-state index contributed by atoms with van der Waals surface area (Å²) in [5.41, 5.74) is 2.05. The maximum atomic E-state index is 11.2. The third-order valence-electron chi connectivity index (χ3n) is 2.17. The molecular formula is C9H14O2. The number of aliphatic hydroxyl groups excluding tert-OH is 1. The molecule has 1 N–H and O–H groups in total. The number of carbonyl (C=O) groups is 1. The summed E-state index contributed by atoms with van der Waals surface area (Å²) in [5, 5.41) is 8.67. The molecule has 1 rings (SSSR count). The predicted molar refractivity (Wildman–Crippen MR) is 43.3 cm³/mol. The molecule has 2 nitrogen and oxygen atoms in total. The molecule has 1 aliphatic carbocycles. The molecule has 62 valence electrons. The zero-order valence-corrected chi connectivity index (χ0v) is 6.89. The number of ketones is 1. The minimum atomic E-state index is 0.0956. The number of hydrogen-bond acceptors (Lipinski definition) is 2.